The van der Waals surface area contributed by atoms with Crippen LogP contribution >= 0.6 is 0 Å². The van der Waals surface area contributed by atoms with Crippen molar-refractivity contribution in [3.05, 3.63) is 59.4 Å². The lowest BCUT2D eigenvalue weighted by molar-refractivity contribution is -0.115. The summed E-state index contributed by atoms with van der Waals surface area (Å²) in [5.41, 5.74) is 3.41. The Morgan fingerprint density at radius 3 is 2.86 bits per heavy atom. The molecule has 0 spiro atoms. The molecule has 2 aromatic carbocycles. The molecule has 4 heteroatoms. The van der Waals surface area contributed by atoms with E-state index in [1.54, 1.807) is 12.1 Å². The van der Waals surface area contributed by atoms with Crippen LogP contribution in [0.5, 0.6) is 0 Å². The predicted octanol–water partition coefficient (Wildman–Crippen LogP) is 3.52. The summed E-state index contributed by atoms with van der Waals surface area (Å²) in [6.07, 6.45) is 0.933. The molecule has 1 aliphatic heterocycles. The van der Waals surface area contributed by atoms with Gasteiger partial charge in [0.05, 0.1) is 12.2 Å². The molecule has 2 aromatic rings. The first-order valence-electron chi connectivity index (χ1n) is 7.45. The third-order valence-electron chi connectivity index (χ3n) is 4.06. The number of aryl methyl sites for hydroxylation is 1. The van der Waals surface area contributed by atoms with E-state index in [-0.39, 0.29) is 24.2 Å². The maximum absolute atomic E-state index is 13.8. The number of nitrogens with one attached hydrogen (secondary N) is 1. The summed E-state index contributed by atoms with van der Waals surface area (Å²) in [6, 6.07) is 13.2. The van der Waals surface area contributed by atoms with Crippen LogP contribution in [-0.2, 0) is 11.2 Å². The molecule has 1 aliphatic rings. The molecule has 0 bridgehead atoms. The second kappa shape index (κ2) is 5.79. The van der Waals surface area contributed by atoms with E-state index in [0.717, 1.165) is 17.7 Å². The van der Waals surface area contributed by atoms with Crippen molar-refractivity contribution in [2.45, 2.75) is 26.3 Å². The van der Waals surface area contributed by atoms with Gasteiger partial charge < -0.3 is 10.2 Å². The summed E-state index contributed by atoms with van der Waals surface area (Å²) in [4.78, 5) is 14.3. The van der Waals surface area contributed by atoms with Gasteiger partial charge in [0.15, 0.2) is 0 Å². The Bertz CT molecular complexity index is 714. The molecule has 1 amide bonds. The first-order valence-corrected chi connectivity index (χ1v) is 7.45. The fraction of sp³-hybridized carbons (Fsp3) is 0.278. The first-order chi connectivity index (χ1) is 10.5. The van der Waals surface area contributed by atoms with E-state index in [4.69, 9.17) is 0 Å². The largest absolute Gasteiger partial charge is 0.359 e. The number of para-hydroxylation sites is 1. The van der Waals surface area contributed by atoms with Gasteiger partial charge in [-0.05, 0) is 49.6 Å². The van der Waals surface area contributed by atoms with Crippen molar-refractivity contribution in [2.75, 3.05) is 16.8 Å². The van der Waals surface area contributed by atoms with Gasteiger partial charge in [0.1, 0.15) is 5.82 Å². The van der Waals surface area contributed by atoms with E-state index >= 15 is 0 Å². The molecule has 0 aliphatic carbocycles. The summed E-state index contributed by atoms with van der Waals surface area (Å²) in [7, 11) is 0. The van der Waals surface area contributed by atoms with Crippen molar-refractivity contribution < 1.29 is 9.18 Å². The van der Waals surface area contributed by atoms with Gasteiger partial charge >= 0.3 is 0 Å². The summed E-state index contributed by atoms with van der Waals surface area (Å²) in [6.45, 7) is 4.14. The van der Waals surface area contributed by atoms with Gasteiger partial charge in [-0.15, -0.1) is 0 Å². The maximum Gasteiger partial charge on any atom is 0.243 e. The highest BCUT2D eigenvalue weighted by molar-refractivity contribution is 5.94. The Labute approximate surface area is 129 Å². The van der Waals surface area contributed by atoms with Crippen LogP contribution in [0, 0.1) is 12.7 Å². The Balaban J connectivity index is 1.72. The average Bonchev–Trinajstić information content (AvgIpc) is 2.78. The highest BCUT2D eigenvalue weighted by Gasteiger charge is 2.27. The fourth-order valence-electron chi connectivity index (χ4n) is 2.94. The molecule has 22 heavy (non-hydrogen) atoms. The normalized spacial score (nSPS) is 16.5. The number of fused-ring (bicyclic) bond motifs is 1. The summed E-state index contributed by atoms with van der Waals surface area (Å²) >= 11 is 0. The summed E-state index contributed by atoms with van der Waals surface area (Å²) in [5, 5.41) is 2.66. The third-order valence-corrected chi connectivity index (χ3v) is 4.06. The maximum atomic E-state index is 13.8. The smallest absolute Gasteiger partial charge is 0.243 e. The first kappa shape index (κ1) is 14.6. The zero-order valence-electron chi connectivity index (χ0n) is 12.8. The van der Waals surface area contributed by atoms with Crippen LogP contribution in [0.15, 0.2) is 42.5 Å². The Hall–Kier alpha value is -2.36. The highest BCUT2D eigenvalue weighted by Crippen LogP contribution is 2.31. The topological polar surface area (TPSA) is 32.3 Å². The van der Waals surface area contributed by atoms with E-state index in [1.807, 2.05) is 25.1 Å². The van der Waals surface area contributed by atoms with Gasteiger partial charge in [-0.2, -0.15) is 0 Å². The zero-order valence-corrected chi connectivity index (χ0v) is 12.8. The highest BCUT2D eigenvalue weighted by atomic mass is 19.1. The molecule has 3 nitrogen and oxygen atoms in total. The molecular weight excluding hydrogens is 279 g/mol. The van der Waals surface area contributed by atoms with Gasteiger partial charge in [0.2, 0.25) is 5.91 Å². The number of halogens is 1. The van der Waals surface area contributed by atoms with Gasteiger partial charge in [-0.25, -0.2) is 4.39 Å². The van der Waals surface area contributed by atoms with Crippen molar-refractivity contribution >= 4 is 17.3 Å². The van der Waals surface area contributed by atoms with E-state index < -0.39 is 5.82 Å². The van der Waals surface area contributed by atoms with Gasteiger partial charge in [0, 0.05) is 11.7 Å². The minimum Gasteiger partial charge on any atom is -0.359 e. The number of hydrogen-bond acceptors (Lipinski definition) is 2. The SMILES string of the molecule is Cc1ccc(NC(=O)CN2c3ccccc3C[C@H]2C)c(F)c1. The number of anilines is 2. The summed E-state index contributed by atoms with van der Waals surface area (Å²) < 4.78 is 13.8. The number of benzene rings is 2. The van der Waals surface area contributed by atoms with E-state index in [2.05, 4.69) is 23.2 Å². The van der Waals surface area contributed by atoms with Crippen LogP contribution < -0.4 is 10.2 Å². The van der Waals surface area contributed by atoms with Gasteiger partial charge in [-0.1, -0.05) is 24.3 Å². The minimum absolute atomic E-state index is 0.202. The lowest BCUT2D eigenvalue weighted by atomic mass is 10.1. The molecule has 1 atom stereocenters. The molecule has 1 heterocycles. The molecule has 1 N–H and O–H groups in total. The predicted molar refractivity (Wildman–Crippen MR) is 86.7 cm³/mol. The summed E-state index contributed by atoms with van der Waals surface area (Å²) in [5.74, 6) is -0.602. The van der Waals surface area contributed by atoms with Gasteiger partial charge in [-0.3, -0.25) is 4.79 Å². The molecule has 0 unspecified atom stereocenters. The monoisotopic (exact) mass is 298 g/mol. The van der Waals surface area contributed by atoms with Crippen LogP contribution in [0.2, 0.25) is 0 Å². The third kappa shape index (κ3) is 2.82. The van der Waals surface area contributed by atoms with E-state index in [9.17, 15) is 9.18 Å². The molecule has 114 valence electrons. The number of nitrogens with zero attached hydrogens (tertiary/aromatic N) is 1. The zero-order chi connectivity index (χ0) is 15.7. The van der Waals surface area contributed by atoms with Crippen LogP contribution in [-0.4, -0.2) is 18.5 Å². The van der Waals surface area contributed by atoms with Crippen LogP contribution in [0.3, 0.4) is 0 Å². The van der Waals surface area contributed by atoms with Crippen LogP contribution in [0.4, 0.5) is 15.8 Å². The lowest BCUT2D eigenvalue weighted by Crippen LogP contribution is -2.37. The van der Waals surface area contributed by atoms with Crippen molar-refractivity contribution in [3.8, 4) is 0 Å². The van der Waals surface area contributed by atoms with Crippen molar-refractivity contribution in [1.82, 2.24) is 0 Å². The molecule has 3 rings (SSSR count). The average molecular weight is 298 g/mol. The Kier molecular flexibility index (Phi) is 3.84. The number of hydrogen-bond donors (Lipinski definition) is 1. The quantitative estimate of drug-likeness (QED) is 0.940. The van der Waals surface area contributed by atoms with Crippen molar-refractivity contribution in [2.24, 2.45) is 0 Å². The van der Waals surface area contributed by atoms with Gasteiger partial charge in [0.25, 0.3) is 0 Å². The molecule has 0 saturated carbocycles. The van der Waals surface area contributed by atoms with Crippen molar-refractivity contribution in [3.63, 3.8) is 0 Å². The van der Waals surface area contributed by atoms with Crippen LogP contribution in [0.25, 0.3) is 0 Å². The Morgan fingerprint density at radius 2 is 2.09 bits per heavy atom. The number of carbonyl (C=O) groups excluding carboxylic acids is 1. The lowest BCUT2D eigenvalue weighted by Gasteiger charge is -2.24. The van der Waals surface area contributed by atoms with Crippen molar-refractivity contribution in [1.29, 1.82) is 0 Å². The Morgan fingerprint density at radius 1 is 1.32 bits per heavy atom. The van der Waals surface area contributed by atoms with Crippen LogP contribution in [0.1, 0.15) is 18.1 Å². The van der Waals surface area contributed by atoms with E-state index in [0.29, 0.717) is 0 Å². The minimum atomic E-state index is -0.400. The van der Waals surface area contributed by atoms with E-state index in [1.165, 1.54) is 11.6 Å². The molecular formula is C18H19FN2O. The second-order valence-corrected chi connectivity index (χ2v) is 5.84. The molecule has 0 aromatic heterocycles. The number of amides is 1. The number of carbonyl (C=O) groups is 1. The molecule has 0 radical (unpaired) electrons. The second-order valence-electron chi connectivity index (χ2n) is 5.84. The molecule has 0 saturated heterocycles. The molecule has 0 fully saturated rings. The number of rotatable bonds is 3. The fourth-order valence-corrected chi connectivity index (χ4v) is 2.94. The standard InChI is InChI=1S/C18H19FN2O/c1-12-7-8-16(15(19)9-12)20-18(22)11-21-13(2)10-14-5-3-4-6-17(14)21/h3-9,13H,10-11H2,1-2H3,(H,20,22)/t13-/m1/s1.